The summed E-state index contributed by atoms with van der Waals surface area (Å²) in [6, 6.07) is 16.2. The van der Waals surface area contributed by atoms with Gasteiger partial charge in [-0.05, 0) is 117 Å². The van der Waals surface area contributed by atoms with Gasteiger partial charge in [0.25, 0.3) is 0 Å². The summed E-state index contributed by atoms with van der Waals surface area (Å²) < 4.78 is 190. The van der Waals surface area contributed by atoms with E-state index in [4.69, 9.17) is 14.2 Å². The van der Waals surface area contributed by atoms with Crippen LogP contribution in [0.3, 0.4) is 0 Å². The Labute approximate surface area is 481 Å². The van der Waals surface area contributed by atoms with Gasteiger partial charge in [0.05, 0.1) is 48.6 Å². The fourth-order valence-electron chi connectivity index (χ4n) is 11.9. The van der Waals surface area contributed by atoms with Gasteiger partial charge in [-0.25, -0.2) is 40.7 Å². The summed E-state index contributed by atoms with van der Waals surface area (Å²) in [7, 11) is 0. The standard InChI is InChI=1S/C28H29F5N2O3.C22H30N2O3.C8F8O2.2CH4/c1-14(16-8-10-17(11-9-16)34-28(3)12-37-13-28)35-15(2)20(18-6-4-5-7-19(18)35)27(36)38-26-24(32)22(30)21(29)23(31)25(26)33;1-14(16-8-10-17(11-9-16)23-22(3)12-27-13-22)24-15(2)20(21(25)26)18-6-4-5-7-19(18)24;9-1-2(10)4(12)6(5(13)3(1)11)18-7(17)8(14,15)16;;/h4-7,14,16-17,34H,8-13H2,1-3H3;4-7,14,16-17,23H,8-13H2,1-3H3,(H,25,26);;2*1H4/t2*14-,16?,17?;;;/m11.../s1. The van der Waals surface area contributed by atoms with Crippen LogP contribution in [0.15, 0.2) is 48.5 Å². The van der Waals surface area contributed by atoms with Crippen molar-refractivity contribution in [3.05, 3.63) is 129 Å². The Morgan fingerprint density at radius 2 is 0.859 bits per heavy atom. The van der Waals surface area contributed by atoms with Crippen molar-refractivity contribution >= 4 is 39.7 Å². The lowest BCUT2D eigenvalue weighted by Crippen LogP contribution is -2.61. The van der Waals surface area contributed by atoms with Gasteiger partial charge in [0, 0.05) is 57.4 Å². The number of carboxylic acids is 1. The number of ether oxygens (including phenoxy) is 4. The Morgan fingerprint density at radius 3 is 1.19 bits per heavy atom. The smallest absolute Gasteiger partial charge is 0.478 e. The van der Waals surface area contributed by atoms with Gasteiger partial charge < -0.3 is 43.8 Å². The van der Waals surface area contributed by atoms with Gasteiger partial charge in [0.1, 0.15) is 0 Å². The van der Waals surface area contributed by atoms with Gasteiger partial charge >= 0.3 is 24.1 Å². The number of hydrogen-bond donors (Lipinski definition) is 3. The van der Waals surface area contributed by atoms with Crippen molar-refractivity contribution in [1.29, 1.82) is 0 Å². The Bertz CT molecular complexity index is 3380. The van der Waals surface area contributed by atoms with E-state index >= 15 is 0 Å². The summed E-state index contributed by atoms with van der Waals surface area (Å²) in [5.41, 5.74) is 3.78. The number of halogens is 13. The van der Waals surface area contributed by atoms with Crippen molar-refractivity contribution in [2.24, 2.45) is 11.8 Å². The third-order valence-electron chi connectivity index (χ3n) is 16.2. The lowest BCUT2D eigenvalue weighted by Gasteiger charge is -2.44. The first-order valence-electron chi connectivity index (χ1n) is 26.7. The molecule has 2 aliphatic carbocycles. The molecule has 25 heteroatoms. The van der Waals surface area contributed by atoms with E-state index in [1.165, 1.54) is 25.7 Å². The lowest BCUT2D eigenvalue weighted by molar-refractivity contribution is -0.190. The monoisotopic (exact) mass is 1220 g/mol. The van der Waals surface area contributed by atoms with E-state index in [0.717, 1.165) is 61.0 Å². The van der Waals surface area contributed by atoms with Crippen LogP contribution in [0, 0.1) is 83.9 Å². The highest BCUT2D eigenvalue weighted by molar-refractivity contribution is 6.07. The number of hydrogen-bond acceptors (Lipinski definition) is 9. The predicted molar refractivity (Wildman–Crippen MR) is 289 cm³/mol. The number of alkyl halides is 3. The molecule has 466 valence electrons. The summed E-state index contributed by atoms with van der Waals surface area (Å²) in [5.74, 6) is -32.3. The maximum Gasteiger partial charge on any atom is 0.491 e. The summed E-state index contributed by atoms with van der Waals surface area (Å²) in [4.78, 5) is 35.2. The molecule has 3 N–H and O–H groups in total. The minimum Gasteiger partial charge on any atom is -0.478 e. The van der Waals surface area contributed by atoms with E-state index in [0.29, 0.717) is 59.8 Å². The molecule has 4 aliphatic rings. The molecule has 2 saturated heterocycles. The molecule has 10 rings (SSSR count). The summed E-state index contributed by atoms with van der Waals surface area (Å²) in [6.45, 7) is 15.4. The number of aromatic carboxylic acids is 1. The van der Waals surface area contributed by atoms with Gasteiger partial charge in [-0.3, -0.25) is 0 Å². The average Bonchev–Trinajstić information content (AvgIpc) is 1.81. The van der Waals surface area contributed by atoms with Gasteiger partial charge in [0.15, 0.2) is 0 Å². The number of esters is 2. The molecule has 2 saturated carbocycles. The molecular weight excluding hydrogens is 1150 g/mol. The average molecular weight is 1220 g/mol. The van der Waals surface area contributed by atoms with Crippen LogP contribution in [-0.2, 0) is 14.3 Å². The predicted octanol–water partition coefficient (Wildman–Crippen LogP) is 14.6. The quantitative estimate of drug-likeness (QED) is 0.0356. The van der Waals surface area contributed by atoms with E-state index in [9.17, 15) is 76.6 Å². The number of para-hydroxylation sites is 2. The molecule has 12 nitrogen and oxygen atoms in total. The van der Waals surface area contributed by atoms with E-state index in [1.54, 1.807) is 19.1 Å². The maximum absolute atomic E-state index is 14.2. The molecule has 2 atom stereocenters. The minimum absolute atomic E-state index is 0. The van der Waals surface area contributed by atoms with Crippen LogP contribution in [0.1, 0.15) is 138 Å². The highest BCUT2D eigenvalue weighted by atomic mass is 19.4. The highest BCUT2D eigenvalue weighted by Crippen LogP contribution is 2.42. The molecule has 2 aromatic heterocycles. The van der Waals surface area contributed by atoms with E-state index < -0.39 is 93.8 Å². The van der Waals surface area contributed by atoms with Crippen LogP contribution in [0.5, 0.6) is 11.5 Å². The first-order chi connectivity index (χ1) is 39.0. The highest BCUT2D eigenvalue weighted by Gasteiger charge is 2.44. The second-order valence-corrected chi connectivity index (χ2v) is 22.2. The van der Waals surface area contributed by atoms with Crippen LogP contribution in [0.4, 0.5) is 57.1 Å². The molecule has 6 aromatic rings. The van der Waals surface area contributed by atoms with Gasteiger partial charge in [-0.1, -0.05) is 51.3 Å². The van der Waals surface area contributed by atoms with Crippen LogP contribution in [-0.4, -0.2) is 87.9 Å². The molecule has 0 spiro atoms. The zero-order valence-electron chi connectivity index (χ0n) is 45.7. The molecule has 4 fully saturated rings. The molecule has 0 radical (unpaired) electrons. The van der Waals surface area contributed by atoms with Crippen molar-refractivity contribution in [3.8, 4) is 11.5 Å². The number of rotatable bonds is 12. The van der Waals surface area contributed by atoms with Crippen molar-refractivity contribution in [2.75, 3.05) is 26.4 Å². The molecular formula is C60H67F13N4O8. The molecule has 0 unspecified atom stereocenters. The minimum atomic E-state index is -5.65. The molecule has 4 aromatic carbocycles. The first-order valence-corrected chi connectivity index (χ1v) is 26.7. The van der Waals surface area contributed by atoms with Crippen molar-refractivity contribution in [2.45, 2.75) is 149 Å². The van der Waals surface area contributed by atoms with Crippen LogP contribution in [0.25, 0.3) is 21.8 Å². The van der Waals surface area contributed by atoms with Gasteiger partial charge in [0.2, 0.25) is 69.7 Å². The normalized spacial score (nSPS) is 20.4. The zero-order chi connectivity index (χ0) is 60.8. The van der Waals surface area contributed by atoms with E-state index in [2.05, 4.69) is 53.7 Å². The number of carboxylic acid groups (broad SMARTS) is 1. The summed E-state index contributed by atoms with van der Waals surface area (Å²) in [6.07, 6.45) is 2.96. The van der Waals surface area contributed by atoms with E-state index in [-0.39, 0.29) is 37.5 Å². The molecule has 0 amide bonds. The SMILES string of the molecule is C.C.Cc1c(C(=O)O)c2ccccc2n1[C@H](C)C1CCC(NC2(C)COC2)CC1.Cc1c(C(=O)Oc2c(F)c(F)c(F)c(F)c2F)c2ccccc2n1[C@H](C)C1CCC(NC2(C)COC2)CC1.O=C(Oc1c(F)c(F)c(F)c(F)c1F)C(F)(F)F. The van der Waals surface area contributed by atoms with Crippen LogP contribution < -0.4 is 20.1 Å². The number of carbonyl (C=O) groups is 3. The number of fused-ring (bicyclic) bond motifs is 2. The number of benzene rings is 4. The largest absolute Gasteiger partial charge is 0.491 e. The van der Waals surface area contributed by atoms with Gasteiger partial charge in [-0.2, -0.15) is 30.7 Å². The van der Waals surface area contributed by atoms with Gasteiger partial charge in [-0.15, -0.1) is 0 Å². The third kappa shape index (κ3) is 13.6. The molecule has 85 heavy (non-hydrogen) atoms. The number of nitrogens with one attached hydrogen (secondary N) is 2. The fourth-order valence-corrected chi connectivity index (χ4v) is 11.9. The van der Waals surface area contributed by atoms with Crippen molar-refractivity contribution in [3.63, 3.8) is 0 Å². The topological polar surface area (TPSA) is 142 Å². The maximum atomic E-state index is 14.2. The number of carbonyl (C=O) groups excluding carboxylic acids is 2. The third-order valence-corrected chi connectivity index (χ3v) is 16.2. The number of aromatic nitrogens is 2. The van der Waals surface area contributed by atoms with Crippen LogP contribution >= 0.6 is 0 Å². The second kappa shape index (κ2) is 26.5. The zero-order valence-corrected chi connectivity index (χ0v) is 45.7. The molecule has 2 aliphatic heterocycles. The van der Waals surface area contributed by atoms with Crippen LogP contribution in [0.2, 0.25) is 0 Å². The molecule has 0 bridgehead atoms. The Hall–Kier alpha value is -6.70. The number of nitrogens with zero attached hydrogens (tertiary/aromatic N) is 2. The summed E-state index contributed by atoms with van der Waals surface area (Å²) >= 11 is 0. The van der Waals surface area contributed by atoms with Crippen molar-refractivity contribution in [1.82, 2.24) is 19.8 Å². The van der Waals surface area contributed by atoms with E-state index in [1.807, 2.05) is 41.8 Å². The Morgan fingerprint density at radius 1 is 0.541 bits per heavy atom. The first kappa shape index (κ1) is 67.4. The Balaban J connectivity index is 0.000000216. The summed E-state index contributed by atoms with van der Waals surface area (Å²) in [5, 5.41) is 18.5. The van der Waals surface area contributed by atoms with Crippen molar-refractivity contribution < 1.29 is 95.5 Å². The fraction of sp³-hybridized carbons (Fsp3) is 0.483. The Kier molecular flexibility index (Phi) is 21.0. The lowest BCUT2D eigenvalue weighted by atomic mass is 9.81. The molecule has 4 heterocycles. The second-order valence-electron chi connectivity index (χ2n) is 22.2.